The number of hydrogen-bond donors (Lipinski definition) is 2. The van der Waals surface area contributed by atoms with Gasteiger partial charge in [0.1, 0.15) is 5.54 Å². The molecule has 0 aliphatic heterocycles. The van der Waals surface area contributed by atoms with E-state index in [0.29, 0.717) is 6.42 Å². The number of carboxylic acid groups (broad SMARTS) is 1. The van der Waals surface area contributed by atoms with Crippen LogP contribution in [0.5, 0.6) is 0 Å². The first-order valence-corrected chi connectivity index (χ1v) is 6.69. The van der Waals surface area contributed by atoms with Gasteiger partial charge < -0.3 is 10.8 Å². The first-order valence-electron chi connectivity index (χ1n) is 5.32. The zero-order valence-electron chi connectivity index (χ0n) is 9.65. The van der Waals surface area contributed by atoms with Gasteiger partial charge in [-0.1, -0.05) is 11.6 Å². The van der Waals surface area contributed by atoms with E-state index in [2.05, 4.69) is 0 Å². The molecular formula is C12H16ClNO2S. The molecule has 3 N–H and O–H groups in total. The Morgan fingerprint density at radius 1 is 1.47 bits per heavy atom. The van der Waals surface area contributed by atoms with E-state index in [1.807, 2.05) is 24.3 Å². The van der Waals surface area contributed by atoms with Crippen molar-refractivity contribution in [1.82, 2.24) is 0 Å². The van der Waals surface area contributed by atoms with Gasteiger partial charge in [-0.2, -0.15) is 0 Å². The van der Waals surface area contributed by atoms with Crippen molar-refractivity contribution in [1.29, 1.82) is 0 Å². The fourth-order valence-electron chi connectivity index (χ4n) is 1.27. The fourth-order valence-corrected chi connectivity index (χ4v) is 2.25. The lowest BCUT2D eigenvalue weighted by molar-refractivity contribution is -0.142. The molecule has 1 aromatic rings. The van der Waals surface area contributed by atoms with Gasteiger partial charge in [0.25, 0.3) is 0 Å². The lowest BCUT2D eigenvalue weighted by Gasteiger charge is -2.18. The molecule has 5 heteroatoms. The SMILES string of the molecule is CC(N)(CCCSc1ccc(Cl)cc1)C(=O)O. The maximum atomic E-state index is 10.8. The molecule has 0 saturated carbocycles. The molecule has 0 saturated heterocycles. The molecule has 1 aromatic carbocycles. The molecule has 0 radical (unpaired) electrons. The Balaban J connectivity index is 2.29. The van der Waals surface area contributed by atoms with Crippen molar-refractivity contribution in [3.05, 3.63) is 29.3 Å². The van der Waals surface area contributed by atoms with Crippen LogP contribution in [0.3, 0.4) is 0 Å². The van der Waals surface area contributed by atoms with Crippen molar-refractivity contribution in [2.24, 2.45) is 5.73 Å². The van der Waals surface area contributed by atoms with Gasteiger partial charge >= 0.3 is 5.97 Å². The van der Waals surface area contributed by atoms with Crippen molar-refractivity contribution in [3.8, 4) is 0 Å². The summed E-state index contributed by atoms with van der Waals surface area (Å²) in [5, 5.41) is 9.56. The lowest BCUT2D eigenvalue weighted by atomic mass is 9.98. The number of carbonyl (C=O) groups is 1. The van der Waals surface area contributed by atoms with Crippen molar-refractivity contribution < 1.29 is 9.90 Å². The van der Waals surface area contributed by atoms with Crippen molar-refractivity contribution in [2.45, 2.75) is 30.2 Å². The minimum Gasteiger partial charge on any atom is -0.480 e. The third kappa shape index (κ3) is 4.98. The van der Waals surface area contributed by atoms with E-state index in [1.54, 1.807) is 18.7 Å². The zero-order chi connectivity index (χ0) is 12.9. The van der Waals surface area contributed by atoms with E-state index in [-0.39, 0.29) is 0 Å². The van der Waals surface area contributed by atoms with Crippen LogP contribution in [0.25, 0.3) is 0 Å². The summed E-state index contributed by atoms with van der Waals surface area (Å²) in [6.07, 6.45) is 1.25. The highest BCUT2D eigenvalue weighted by Crippen LogP contribution is 2.22. The third-order valence-electron chi connectivity index (χ3n) is 2.41. The monoisotopic (exact) mass is 273 g/mol. The maximum absolute atomic E-state index is 10.8. The van der Waals surface area contributed by atoms with Gasteiger partial charge in [-0.15, -0.1) is 11.8 Å². The van der Waals surface area contributed by atoms with E-state index in [4.69, 9.17) is 22.4 Å². The highest BCUT2D eigenvalue weighted by molar-refractivity contribution is 7.99. The molecule has 0 heterocycles. The van der Waals surface area contributed by atoms with Crippen molar-refractivity contribution in [2.75, 3.05) is 5.75 Å². The van der Waals surface area contributed by atoms with Crippen LogP contribution in [0.1, 0.15) is 19.8 Å². The van der Waals surface area contributed by atoms with Gasteiger partial charge in [0.05, 0.1) is 0 Å². The first-order chi connectivity index (χ1) is 7.92. The molecule has 0 aliphatic carbocycles. The maximum Gasteiger partial charge on any atom is 0.323 e. The van der Waals surface area contributed by atoms with Crippen molar-refractivity contribution >= 4 is 29.3 Å². The van der Waals surface area contributed by atoms with Crippen LogP contribution >= 0.6 is 23.4 Å². The standard InChI is InChI=1S/C12H16ClNO2S/c1-12(14,11(15)16)7-2-8-17-10-5-3-9(13)4-6-10/h3-6H,2,7-8,14H2,1H3,(H,15,16). The molecule has 1 unspecified atom stereocenters. The largest absolute Gasteiger partial charge is 0.480 e. The van der Waals surface area contributed by atoms with Crippen molar-refractivity contribution in [3.63, 3.8) is 0 Å². The molecule has 1 atom stereocenters. The predicted molar refractivity (Wildman–Crippen MR) is 71.6 cm³/mol. The Labute approximate surface area is 110 Å². The van der Waals surface area contributed by atoms with Gasteiger partial charge in [0.2, 0.25) is 0 Å². The molecule has 1 rings (SSSR count). The van der Waals surface area contributed by atoms with E-state index >= 15 is 0 Å². The molecule has 17 heavy (non-hydrogen) atoms. The van der Waals surface area contributed by atoms with Crippen LogP contribution in [-0.2, 0) is 4.79 Å². The summed E-state index contributed by atoms with van der Waals surface area (Å²) in [5.74, 6) is -0.101. The number of thioether (sulfide) groups is 1. The topological polar surface area (TPSA) is 63.3 Å². The van der Waals surface area contributed by atoms with Gasteiger partial charge in [0, 0.05) is 9.92 Å². The number of carboxylic acids is 1. The number of nitrogens with two attached hydrogens (primary N) is 1. The summed E-state index contributed by atoms with van der Waals surface area (Å²) in [6, 6.07) is 7.58. The molecule has 0 aliphatic rings. The zero-order valence-corrected chi connectivity index (χ0v) is 11.2. The Morgan fingerprint density at radius 3 is 2.59 bits per heavy atom. The molecular weight excluding hydrogens is 258 g/mol. The molecule has 0 spiro atoms. The quantitative estimate of drug-likeness (QED) is 0.618. The van der Waals surface area contributed by atoms with E-state index in [1.165, 1.54) is 0 Å². The minimum atomic E-state index is -1.12. The summed E-state index contributed by atoms with van der Waals surface area (Å²) < 4.78 is 0. The first kappa shape index (κ1) is 14.4. The Morgan fingerprint density at radius 2 is 2.06 bits per heavy atom. The fraction of sp³-hybridized carbons (Fsp3) is 0.417. The summed E-state index contributed by atoms with van der Waals surface area (Å²) in [5.41, 5.74) is 4.51. The van der Waals surface area contributed by atoms with Crippen LogP contribution in [0, 0.1) is 0 Å². The molecule has 0 aromatic heterocycles. The number of hydrogen-bond acceptors (Lipinski definition) is 3. The second kappa shape index (κ2) is 6.28. The smallest absolute Gasteiger partial charge is 0.323 e. The van der Waals surface area contributed by atoms with E-state index in [9.17, 15) is 4.79 Å². The number of rotatable bonds is 6. The Kier molecular flexibility index (Phi) is 5.31. The molecule has 94 valence electrons. The molecule has 0 fully saturated rings. The summed E-state index contributed by atoms with van der Waals surface area (Å²) >= 11 is 7.45. The normalized spacial score (nSPS) is 14.3. The Hall–Kier alpha value is -0.710. The van der Waals surface area contributed by atoms with Gasteiger partial charge in [-0.25, -0.2) is 0 Å². The predicted octanol–water partition coefficient (Wildman–Crippen LogP) is 3.01. The molecule has 0 amide bonds. The van der Waals surface area contributed by atoms with Crippen LogP contribution < -0.4 is 5.73 Å². The second-order valence-electron chi connectivity index (χ2n) is 4.13. The average Bonchev–Trinajstić information content (AvgIpc) is 2.26. The Bertz CT molecular complexity index is 379. The minimum absolute atomic E-state index is 0.475. The summed E-state index contributed by atoms with van der Waals surface area (Å²) in [7, 11) is 0. The van der Waals surface area contributed by atoms with Gasteiger partial charge in [-0.05, 0) is 49.8 Å². The lowest BCUT2D eigenvalue weighted by Crippen LogP contribution is -2.44. The molecule has 3 nitrogen and oxygen atoms in total. The van der Waals surface area contributed by atoms with Gasteiger partial charge in [0.15, 0.2) is 0 Å². The summed E-state index contributed by atoms with van der Waals surface area (Å²) in [6.45, 7) is 1.54. The van der Waals surface area contributed by atoms with Crippen LogP contribution in [-0.4, -0.2) is 22.4 Å². The molecule has 0 bridgehead atoms. The van der Waals surface area contributed by atoms with Gasteiger partial charge in [-0.3, -0.25) is 4.79 Å². The van der Waals surface area contributed by atoms with E-state index in [0.717, 1.165) is 22.1 Å². The van der Waals surface area contributed by atoms with E-state index < -0.39 is 11.5 Å². The highest BCUT2D eigenvalue weighted by atomic mass is 35.5. The highest BCUT2D eigenvalue weighted by Gasteiger charge is 2.26. The van der Waals surface area contributed by atoms with Crippen LogP contribution in [0.2, 0.25) is 5.02 Å². The third-order valence-corrected chi connectivity index (χ3v) is 3.76. The summed E-state index contributed by atoms with van der Waals surface area (Å²) in [4.78, 5) is 11.9. The number of benzene rings is 1. The average molecular weight is 274 g/mol. The number of halogens is 1. The van der Waals surface area contributed by atoms with Crippen LogP contribution in [0.4, 0.5) is 0 Å². The number of aliphatic carboxylic acids is 1. The second-order valence-corrected chi connectivity index (χ2v) is 5.73. The van der Waals surface area contributed by atoms with Crippen LogP contribution in [0.15, 0.2) is 29.2 Å².